The minimum absolute atomic E-state index is 0.0737. The third kappa shape index (κ3) is 6.46. The van der Waals surface area contributed by atoms with Crippen LogP contribution in [0.1, 0.15) is 29.8 Å². The average molecular weight is 610 g/mol. The molecule has 3 N–H and O–H groups in total. The van der Waals surface area contributed by atoms with Gasteiger partial charge in [0, 0.05) is 42.0 Å². The van der Waals surface area contributed by atoms with Gasteiger partial charge in [0.1, 0.15) is 11.6 Å². The maximum Gasteiger partial charge on any atom is 0.320 e. The van der Waals surface area contributed by atoms with Crippen molar-refractivity contribution in [3.05, 3.63) is 92.3 Å². The van der Waals surface area contributed by atoms with Crippen molar-refractivity contribution in [3.63, 3.8) is 0 Å². The maximum atomic E-state index is 12.8. The third-order valence-electron chi connectivity index (χ3n) is 6.64. The van der Waals surface area contributed by atoms with Crippen molar-refractivity contribution < 1.29 is 19.4 Å². The summed E-state index contributed by atoms with van der Waals surface area (Å²) >= 11 is 13.6. The Bertz CT molecular complexity index is 1710. The molecule has 4 rings (SSSR count). The summed E-state index contributed by atoms with van der Waals surface area (Å²) in [6.07, 6.45) is 1.37. The first kappa shape index (κ1) is 30.7. The normalized spacial score (nSPS) is 11.8. The Morgan fingerprint density at radius 2 is 1.67 bits per heavy atom. The molecule has 1 atom stereocenters. The molecule has 0 aliphatic rings. The predicted octanol–water partition coefficient (Wildman–Crippen LogP) is 5.28. The first-order chi connectivity index (χ1) is 20.0. The number of rotatable bonds is 10. The molecular formula is C30H29Cl2N5O5. The molecule has 12 heteroatoms. The fourth-order valence-corrected chi connectivity index (χ4v) is 5.00. The van der Waals surface area contributed by atoms with Gasteiger partial charge in [0.25, 0.3) is 11.5 Å². The van der Waals surface area contributed by atoms with Gasteiger partial charge in [0.2, 0.25) is 5.88 Å². The number of carbonyl (C=O) groups excluding carboxylic acids is 1. The van der Waals surface area contributed by atoms with Crippen molar-refractivity contribution in [2.24, 2.45) is 13.0 Å². The Labute approximate surface area is 252 Å². The third-order valence-corrected chi connectivity index (χ3v) is 7.45. The number of aryl methyl sites for hydroxylation is 1. The molecule has 0 aliphatic heterocycles. The highest BCUT2D eigenvalue weighted by molar-refractivity contribution is 6.39. The lowest BCUT2D eigenvalue weighted by Crippen LogP contribution is -2.40. The molecular weight excluding hydrogens is 581 g/mol. The largest absolute Gasteiger partial charge is 0.481 e. The fraction of sp³-hybridized carbons (Fsp3) is 0.233. The van der Waals surface area contributed by atoms with E-state index in [0.717, 1.165) is 4.68 Å². The Balaban J connectivity index is 1.65. The Morgan fingerprint density at radius 1 is 1.00 bits per heavy atom. The number of carbonyl (C=O) groups is 2. The van der Waals surface area contributed by atoms with Crippen LogP contribution in [0.25, 0.3) is 22.4 Å². The number of halogens is 2. The molecule has 218 valence electrons. The maximum absolute atomic E-state index is 12.8. The lowest BCUT2D eigenvalue weighted by molar-refractivity contribution is -0.140. The van der Waals surface area contributed by atoms with Crippen LogP contribution in [0.4, 0.5) is 5.69 Å². The number of aromatic nitrogens is 3. The molecule has 0 bridgehead atoms. The summed E-state index contributed by atoms with van der Waals surface area (Å²) in [6, 6.07) is 14.7. The number of pyridine rings is 1. The number of nitrogens with zero attached hydrogens (tertiary/aromatic N) is 3. The molecule has 4 aromatic rings. The topological polar surface area (TPSA) is 135 Å². The van der Waals surface area contributed by atoms with E-state index in [1.165, 1.54) is 26.4 Å². The van der Waals surface area contributed by atoms with Gasteiger partial charge in [-0.2, -0.15) is 5.10 Å². The number of carboxylic acid groups (broad SMARTS) is 1. The summed E-state index contributed by atoms with van der Waals surface area (Å²) in [5, 5.41) is 19.7. The zero-order valence-electron chi connectivity index (χ0n) is 23.3. The van der Waals surface area contributed by atoms with Crippen LogP contribution < -0.4 is 20.9 Å². The van der Waals surface area contributed by atoms with Crippen molar-refractivity contribution in [1.29, 1.82) is 0 Å². The molecule has 1 amide bonds. The van der Waals surface area contributed by atoms with E-state index in [9.17, 15) is 19.5 Å². The molecule has 0 spiro atoms. The Kier molecular flexibility index (Phi) is 9.62. The van der Waals surface area contributed by atoms with E-state index >= 15 is 0 Å². The van der Waals surface area contributed by atoms with Crippen LogP contribution in [0.2, 0.25) is 10.0 Å². The van der Waals surface area contributed by atoms with E-state index in [1.54, 1.807) is 30.3 Å². The minimum Gasteiger partial charge on any atom is -0.481 e. The van der Waals surface area contributed by atoms with E-state index in [1.807, 2.05) is 32.0 Å². The summed E-state index contributed by atoms with van der Waals surface area (Å²) in [5.41, 5.74) is 2.69. The Morgan fingerprint density at radius 3 is 2.33 bits per heavy atom. The van der Waals surface area contributed by atoms with E-state index < -0.39 is 23.5 Å². The minimum atomic E-state index is -0.930. The summed E-state index contributed by atoms with van der Waals surface area (Å²) in [6.45, 7) is 3.91. The standard InChI is InChI=1S/C30H29Cl2N5O5/c1-16(2)26(30(40)41)33-15-17-11-12-22(36-28(17)42-4)20-9-5-7-18(24(20)31)19-8-6-10-23(25(19)32)35-27(38)21-13-14-34-37(3)29(21)39/h5-14,16,26,33H,15H2,1-4H3,(H,35,38)(H,40,41). The number of anilines is 1. The van der Waals surface area contributed by atoms with Crippen molar-refractivity contribution >= 4 is 40.8 Å². The van der Waals surface area contributed by atoms with Gasteiger partial charge < -0.3 is 15.2 Å². The molecule has 0 radical (unpaired) electrons. The van der Waals surface area contributed by atoms with Crippen molar-refractivity contribution in [2.75, 3.05) is 12.4 Å². The predicted molar refractivity (Wildman–Crippen MR) is 162 cm³/mol. The van der Waals surface area contributed by atoms with Crippen LogP contribution in [-0.2, 0) is 18.4 Å². The van der Waals surface area contributed by atoms with E-state index in [-0.39, 0.29) is 23.0 Å². The van der Waals surface area contributed by atoms with Crippen LogP contribution >= 0.6 is 23.2 Å². The summed E-state index contributed by atoms with van der Waals surface area (Å²) in [5.74, 6) is -1.32. The average Bonchev–Trinajstić information content (AvgIpc) is 2.95. The van der Waals surface area contributed by atoms with Crippen LogP contribution in [-0.4, -0.2) is 44.9 Å². The highest BCUT2D eigenvalue weighted by Crippen LogP contribution is 2.41. The monoisotopic (exact) mass is 609 g/mol. The SMILES string of the molecule is COc1nc(-c2cccc(-c3cccc(NC(=O)c4ccnn(C)c4=O)c3Cl)c2Cl)ccc1CNC(C(=O)O)C(C)C. The van der Waals surface area contributed by atoms with Gasteiger partial charge in [-0.05, 0) is 24.1 Å². The molecule has 2 heterocycles. The first-order valence-electron chi connectivity index (χ1n) is 12.9. The van der Waals surface area contributed by atoms with Gasteiger partial charge in [-0.1, -0.05) is 73.4 Å². The molecule has 10 nitrogen and oxygen atoms in total. The van der Waals surface area contributed by atoms with Crippen molar-refractivity contribution in [2.45, 2.75) is 26.4 Å². The van der Waals surface area contributed by atoms with E-state index in [2.05, 4.69) is 20.7 Å². The van der Waals surface area contributed by atoms with Crippen LogP contribution in [0.3, 0.4) is 0 Å². The van der Waals surface area contributed by atoms with E-state index in [4.69, 9.17) is 27.9 Å². The number of ether oxygens (including phenoxy) is 1. The number of hydrogen-bond acceptors (Lipinski definition) is 7. The number of amides is 1. The molecule has 1 unspecified atom stereocenters. The molecule has 42 heavy (non-hydrogen) atoms. The number of aliphatic carboxylic acids is 1. The quantitative estimate of drug-likeness (QED) is 0.221. The second-order valence-electron chi connectivity index (χ2n) is 9.77. The Hall–Kier alpha value is -4.25. The number of benzene rings is 2. The number of carboxylic acids is 1. The van der Waals surface area contributed by atoms with Gasteiger partial charge >= 0.3 is 5.97 Å². The molecule has 2 aromatic heterocycles. The summed E-state index contributed by atoms with van der Waals surface area (Å²) in [4.78, 5) is 41.4. The zero-order chi connectivity index (χ0) is 30.6. The lowest BCUT2D eigenvalue weighted by Gasteiger charge is -2.19. The molecule has 0 saturated heterocycles. The van der Waals surface area contributed by atoms with Crippen LogP contribution in [0.15, 0.2) is 65.6 Å². The van der Waals surface area contributed by atoms with Crippen molar-refractivity contribution in [1.82, 2.24) is 20.1 Å². The number of nitrogens with one attached hydrogen (secondary N) is 2. The van der Waals surface area contributed by atoms with Gasteiger partial charge in [-0.15, -0.1) is 0 Å². The molecule has 0 aliphatic carbocycles. The van der Waals surface area contributed by atoms with Crippen LogP contribution in [0.5, 0.6) is 5.88 Å². The van der Waals surface area contributed by atoms with Gasteiger partial charge in [-0.25, -0.2) is 9.67 Å². The first-order valence-corrected chi connectivity index (χ1v) is 13.7. The lowest BCUT2D eigenvalue weighted by atomic mass is 10.00. The molecule has 2 aromatic carbocycles. The number of methoxy groups -OCH3 is 1. The zero-order valence-corrected chi connectivity index (χ0v) is 24.8. The van der Waals surface area contributed by atoms with Gasteiger partial charge in [0.05, 0.1) is 28.5 Å². The fourth-order valence-electron chi connectivity index (χ4n) is 4.40. The van der Waals surface area contributed by atoms with Crippen LogP contribution in [0, 0.1) is 5.92 Å². The molecule has 0 saturated carbocycles. The van der Waals surface area contributed by atoms with E-state index in [0.29, 0.717) is 44.5 Å². The van der Waals surface area contributed by atoms with Crippen molar-refractivity contribution in [3.8, 4) is 28.3 Å². The smallest absolute Gasteiger partial charge is 0.320 e. The van der Waals surface area contributed by atoms with Gasteiger partial charge in [0.15, 0.2) is 0 Å². The van der Waals surface area contributed by atoms with Gasteiger partial charge in [-0.3, -0.25) is 19.7 Å². The second-order valence-corrected chi connectivity index (χ2v) is 10.5. The second kappa shape index (κ2) is 13.2. The highest BCUT2D eigenvalue weighted by Gasteiger charge is 2.22. The molecule has 0 fully saturated rings. The summed E-state index contributed by atoms with van der Waals surface area (Å²) < 4.78 is 6.58. The number of hydrogen-bond donors (Lipinski definition) is 3. The summed E-state index contributed by atoms with van der Waals surface area (Å²) in [7, 11) is 2.95. The highest BCUT2D eigenvalue weighted by atomic mass is 35.5.